The number of carbonyl (C=O) groups is 2. The molecule has 1 unspecified atom stereocenters. The van der Waals surface area contributed by atoms with E-state index in [0.717, 1.165) is 4.90 Å². The van der Waals surface area contributed by atoms with E-state index in [2.05, 4.69) is 10.3 Å². The van der Waals surface area contributed by atoms with Crippen LogP contribution in [0.4, 0.5) is 15.3 Å². The Balaban J connectivity index is 2.21. The SMILES string of the molecule is CC(C)(C)OC(=O)Nc1cnccc1C1(O)CCN(C(=O)O)C1. The number of likely N-dealkylation sites (tertiary alicyclic amines) is 1. The molecule has 2 rings (SSSR count). The van der Waals surface area contributed by atoms with Crippen molar-refractivity contribution in [2.75, 3.05) is 18.4 Å². The van der Waals surface area contributed by atoms with Crippen LogP contribution in [0.1, 0.15) is 32.8 Å². The van der Waals surface area contributed by atoms with E-state index >= 15 is 0 Å². The molecule has 1 saturated heterocycles. The highest BCUT2D eigenvalue weighted by atomic mass is 16.6. The highest BCUT2D eigenvalue weighted by molar-refractivity contribution is 5.86. The number of nitrogens with zero attached hydrogens (tertiary/aromatic N) is 2. The van der Waals surface area contributed by atoms with Gasteiger partial charge in [-0.25, -0.2) is 9.59 Å². The number of nitrogens with one attached hydrogen (secondary N) is 1. The number of pyridine rings is 1. The predicted octanol–water partition coefficient (Wildman–Crippen LogP) is 2.00. The molecular weight excluding hydrogens is 302 g/mol. The molecule has 1 aliphatic heterocycles. The Morgan fingerprint density at radius 1 is 1.43 bits per heavy atom. The molecule has 8 heteroatoms. The standard InChI is InChI=1S/C15H21N3O5/c1-14(2,3)23-12(19)17-11-8-16-6-4-10(11)15(22)5-7-18(9-15)13(20)21/h4,6,8,22H,5,7,9H2,1-3H3,(H,17,19)(H,20,21). The highest BCUT2D eigenvalue weighted by Gasteiger charge is 2.41. The summed E-state index contributed by atoms with van der Waals surface area (Å²) in [6.45, 7) is 5.39. The molecule has 126 valence electrons. The van der Waals surface area contributed by atoms with Gasteiger partial charge in [-0.1, -0.05) is 0 Å². The number of carbonyl (C=O) groups excluding carboxylic acids is 1. The van der Waals surface area contributed by atoms with Crippen LogP contribution in [0.15, 0.2) is 18.5 Å². The zero-order valence-corrected chi connectivity index (χ0v) is 13.4. The molecule has 23 heavy (non-hydrogen) atoms. The summed E-state index contributed by atoms with van der Waals surface area (Å²) in [7, 11) is 0. The van der Waals surface area contributed by atoms with E-state index in [1.165, 1.54) is 12.4 Å². The molecule has 1 aromatic heterocycles. The van der Waals surface area contributed by atoms with Gasteiger partial charge in [0.2, 0.25) is 0 Å². The number of hydrogen-bond donors (Lipinski definition) is 3. The van der Waals surface area contributed by atoms with Crippen LogP contribution in [0.5, 0.6) is 0 Å². The lowest BCUT2D eigenvalue weighted by Gasteiger charge is -2.26. The van der Waals surface area contributed by atoms with E-state index in [9.17, 15) is 14.7 Å². The maximum atomic E-state index is 11.9. The van der Waals surface area contributed by atoms with Crippen molar-refractivity contribution >= 4 is 17.9 Å². The van der Waals surface area contributed by atoms with Gasteiger partial charge in [0.1, 0.15) is 11.2 Å². The van der Waals surface area contributed by atoms with Crippen LogP contribution in [-0.2, 0) is 10.3 Å². The summed E-state index contributed by atoms with van der Waals surface area (Å²) in [5.41, 5.74) is -1.30. The van der Waals surface area contributed by atoms with Gasteiger partial charge < -0.3 is 19.8 Å². The number of ether oxygens (including phenoxy) is 1. The van der Waals surface area contributed by atoms with Gasteiger partial charge in [0.05, 0.1) is 18.4 Å². The lowest BCUT2D eigenvalue weighted by molar-refractivity contribution is 0.0461. The average Bonchev–Trinajstić information content (AvgIpc) is 2.81. The van der Waals surface area contributed by atoms with Gasteiger partial charge >= 0.3 is 12.2 Å². The maximum Gasteiger partial charge on any atom is 0.412 e. The minimum Gasteiger partial charge on any atom is -0.465 e. The van der Waals surface area contributed by atoms with E-state index in [1.807, 2.05) is 0 Å². The van der Waals surface area contributed by atoms with Crippen molar-refractivity contribution in [2.24, 2.45) is 0 Å². The molecule has 0 bridgehead atoms. The van der Waals surface area contributed by atoms with Crippen molar-refractivity contribution in [3.63, 3.8) is 0 Å². The Bertz CT molecular complexity index is 613. The quantitative estimate of drug-likeness (QED) is 0.767. The van der Waals surface area contributed by atoms with Gasteiger partial charge in [0, 0.05) is 18.3 Å². The third-order valence-electron chi connectivity index (χ3n) is 3.48. The molecule has 1 aromatic rings. The molecule has 2 heterocycles. The number of aromatic nitrogens is 1. The molecular formula is C15H21N3O5. The molecule has 0 aliphatic carbocycles. The minimum atomic E-state index is -1.37. The first-order chi connectivity index (χ1) is 10.6. The van der Waals surface area contributed by atoms with E-state index in [-0.39, 0.29) is 19.5 Å². The Morgan fingerprint density at radius 3 is 2.70 bits per heavy atom. The molecule has 8 nitrogen and oxygen atoms in total. The van der Waals surface area contributed by atoms with Crippen LogP contribution in [0.2, 0.25) is 0 Å². The van der Waals surface area contributed by atoms with E-state index in [1.54, 1.807) is 26.8 Å². The normalized spacial score (nSPS) is 21.1. The monoisotopic (exact) mass is 323 g/mol. The van der Waals surface area contributed by atoms with Crippen LogP contribution >= 0.6 is 0 Å². The lowest BCUT2D eigenvalue weighted by Crippen LogP contribution is -2.34. The second-order valence-corrected chi connectivity index (χ2v) is 6.53. The zero-order chi connectivity index (χ0) is 17.3. The fourth-order valence-corrected chi connectivity index (χ4v) is 2.49. The van der Waals surface area contributed by atoms with Crippen molar-refractivity contribution in [3.05, 3.63) is 24.0 Å². The molecule has 1 fully saturated rings. The van der Waals surface area contributed by atoms with Crippen LogP contribution in [-0.4, -0.2) is 51.0 Å². The lowest BCUT2D eigenvalue weighted by atomic mass is 9.92. The van der Waals surface area contributed by atoms with Crippen LogP contribution in [0.25, 0.3) is 0 Å². The van der Waals surface area contributed by atoms with E-state index in [4.69, 9.17) is 9.84 Å². The molecule has 1 aliphatic rings. The number of carboxylic acid groups (broad SMARTS) is 1. The third-order valence-corrected chi connectivity index (χ3v) is 3.48. The summed E-state index contributed by atoms with van der Waals surface area (Å²) >= 11 is 0. The molecule has 0 saturated carbocycles. The van der Waals surface area contributed by atoms with Crippen molar-refractivity contribution < 1.29 is 24.5 Å². The summed E-state index contributed by atoms with van der Waals surface area (Å²) in [4.78, 5) is 28.1. The third kappa shape index (κ3) is 4.10. The Hall–Kier alpha value is -2.35. The van der Waals surface area contributed by atoms with Gasteiger partial charge in [-0.15, -0.1) is 0 Å². The average molecular weight is 323 g/mol. The second kappa shape index (κ2) is 6.04. The fourth-order valence-electron chi connectivity index (χ4n) is 2.49. The van der Waals surface area contributed by atoms with E-state index < -0.39 is 23.4 Å². The zero-order valence-electron chi connectivity index (χ0n) is 13.4. The summed E-state index contributed by atoms with van der Waals surface area (Å²) < 4.78 is 5.19. The number of amides is 2. The van der Waals surface area contributed by atoms with Gasteiger partial charge in [0.25, 0.3) is 0 Å². The summed E-state index contributed by atoms with van der Waals surface area (Å²) in [5, 5.41) is 22.4. The Morgan fingerprint density at radius 2 is 2.13 bits per heavy atom. The van der Waals surface area contributed by atoms with Gasteiger partial charge in [-0.2, -0.15) is 0 Å². The van der Waals surface area contributed by atoms with Crippen molar-refractivity contribution in [1.82, 2.24) is 9.88 Å². The molecule has 1 atom stereocenters. The largest absolute Gasteiger partial charge is 0.465 e. The highest BCUT2D eigenvalue weighted by Crippen LogP contribution is 2.36. The molecule has 3 N–H and O–H groups in total. The number of β-amino-alcohol motifs (C(OH)–C–C–N with tert-alkyl or cyclic N) is 1. The van der Waals surface area contributed by atoms with Gasteiger partial charge in [-0.05, 0) is 33.3 Å². The second-order valence-electron chi connectivity index (χ2n) is 6.53. The Kier molecular flexibility index (Phi) is 4.46. The van der Waals surface area contributed by atoms with Crippen LogP contribution < -0.4 is 5.32 Å². The number of hydrogen-bond acceptors (Lipinski definition) is 5. The molecule has 0 spiro atoms. The summed E-state index contributed by atoms with van der Waals surface area (Å²) in [5.74, 6) is 0. The first kappa shape index (κ1) is 17.0. The predicted molar refractivity (Wildman–Crippen MR) is 82.2 cm³/mol. The number of anilines is 1. The molecule has 0 radical (unpaired) electrons. The first-order valence-corrected chi connectivity index (χ1v) is 7.25. The molecule has 0 aromatic carbocycles. The summed E-state index contributed by atoms with van der Waals surface area (Å²) in [6, 6.07) is 1.57. The van der Waals surface area contributed by atoms with Crippen molar-refractivity contribution in [3.8, 4) is 0 Å². The van der Waals surface area contributed by atoms with E-state index in [0.29, 0.717) is 11.3 Å². The van der Waals surface area contributed by atoms with Crippen molar-refractivity contribution in [1.29, 1.82) is 0 Å². The van der Waals surface area contributed by atoms with Crippen LogP contribution in [0.3, 0.4) is 0 Å². The van der Waals surface area contributed by atoms with Crippen molar-refractivity contribution in [2.45, 2.75) is 38.4 Å². The fraction of sp³-hybridized carbons (Fsp3) is 0.533. The van der Waals surface area contributed by atoms with Gasteiger partial charge in [0.15, 0.2) is 0 Å². The Labute approximate surface area is 134 Å². The maximum absolute atomic E-state index is 11.9. The summed E-state index contributed by atoms with van der Waals surface area (Å²) in [6.07, 6.45) is 1.38. The van der Waals surface area contributed by atoms with Crippen LogP contribution in [0, 0.1) is 0 Å². The number of aliphatic hydroxyl groups is 1. The van der Waals surface area contributed by atoms with Gasteiger partial charge in [-0.3, -0.25) is 10.3 Å². The smallest absolute Gasteiger partial charge is 0.412 e. The topological polar surface area (TPSA) is 112 Å². The number of rotatable bonds is 2. The first-order valence-electron chi connectivity index (χ1n) is 7.25. The minimum absolute atomic E-state index is 0.0602. The molecule has 2 amide bonds.